The standard InChI is InChI=1S/C15H16BrN3S/c1-10-9-20-15-18-11(2)14(19(10)15)8-17-7-12-3-5-13(16)6-4-12/h3-6,9,17H,7-8H2,1-2H3. The van der Waals surface area contributed by atoms with Crippen LogP contribution < -0.4 is 5.32 Å². The maximum atomic E-state index is 4.61. The van der Waals surface area contributed by atoms with E-state index in [4.69, 9.17) is 0 Å². The number of benzene rings is 1. The van der Waals surface area contributed by atoms with Crippen molar-refractivity contribution in [3.05, 3.63) is 56.8 Å². The SMILES string of the molecule is Cc1nc2scc(C)n2c1CNCc1ccc(Br)cc1. The Bertz CT molecular complexity index is 727. The van der Waals surface area contributed by atoms with Gasteiger partial charge in [0.2, 0.25) is 0 Å². The molecule has 3 aromatic rings. The molecule has 1 aromatic carbocycles. The Morgan fingerprint density at radius 1 is 1.20 bits per heavy atom. The number of nitrogens with one attached hydrogen (secondary N) is 1. The highest BCUT2D eigenvalue weighted by molar-refractivity contribution is 9.10. The van der Waals surface area contributed by atoms with E-state index in [-0.39, 0.29) is 0 Å². The predicted molar refractivity (Wildman–Crippen MR) is 87.2 cm³/mol. The van der Waals surface area contributed by atoms with Crippen LogP contribution in [0.1, 0.15) is 22.6 Å². The van der Waals surface area contributed by atoms with E-state index in [0.29, 0.717) is 0 Å². The van der Waals surface area contributed by atoms with Crippen molar-refractivity contribution >= 4 is 32.2 Å². The first-order valence-electron chi connectivity index (χ1n) is 6.52. The van der Waals surface area contributed by atoms with Gasteiger partial charge < -0.3 is 5.32 Å². The zero-order chi connectivity index (χ0) is 14.1. The van der Waals surface area contributed by atoms with E-state index in [1.807, 2.05) is 0 Å². The number of aryl methyl sites for hydroxylation is 2. The molecule has 0 spiro atoms. The second-order valence-corrected chi connectivity index (χ2v) is 6.62. The second kappa shape index (κ2) is 5.68. The number of nitrogens with zero attached hydrogens (tertiary/aromatic N) is 2. The van der Waals surface area contributed by atoms with Crippen LogP contribution in [-0.4, -0.2) is 9.38 Å². The Balaban J connectivity index is 1.72. The van der Waals surface area contributed by atoms with Crippen molar-refractivity contribution in [3.63, 3.8) is 0 Å². The molecule has 0 unspecified atom stereocenters. The Morgan fingerprint density at radius 2 is 1.95 bits per heavy atom. The number of fused-ring (bicyclic) bond motifs is 1. The summed E-state index contributed by atoms with van der Waals surface area (Å²) in [5.41, 5.74) is 4.92. The summed E-state index contributed by atoms with van der Waals surface area (Å²) in [6, 6.07) is 8.40. The summed E-state index contributed by atoms with van der Waals surface area (Å²) >= 11 is 5.15. The maximum Gasteiger partial charge on any atom is 0.194 e. The van der Waals surface area contributed by atoms with Gasteiger partial charge in [-0.05, 0) is 31.5 Å². The molecule has 0 amide bonds. The fourth-order valence-corrected chi connectivity index (χ4v) is 3.50. The van der Waals surface area contributed by atoms with Crippen molar-refractivity contribution < 1.29 is 0 Å². The Labute approximate surface area is 130 Å². The molecule has 2 aromatic heterocycles. The van der Waals surface area contributed by atoms with Crippen LogP contribution in [0.25, 0.3) is 4.96 Å². The smallest absolute Gasteiger partial charge is 0.194 e. The van der Waals surface area contributed by atoms with Crippen LogP contribution in [0.15, 0.2) is 34.1 Å². The van der Waals surface area contributed by atoms with E-state index < -0.39 is 0 Å². The monoisotopic (exact) mass is 349 g/mol. The first-order valence-corrected chi connectivity index (χ1v) is 8.19. The summed E-state index contributed by atoms with van der Waals surface area (Å²) in [7, 11) is 0. The molecular formula is C15H16BrN3S. The molecule has 3 rings (SSSR count). The van der Waals surface area contributed by atoms with Crippen molar-refractivity contribution in [3.8, 4) is 0 Å². The van der Waals surface area contributed by atoms with Crippen molar-refractivity contribution in [2.24, 2.45) is 0 Å². The number of thiazole rings is 1. The molecule has 0 bridgehead atoms. The van der Waals surface area contributed by atoms with Gasteiger partial charge in [-0.3, -0.25) is 4.40 Å². The van der Waals surface area contributed by atoms with Crippen LogP contribution in [0.2, 0.25) is 0 Å². The Kier molecular flexibility index (Phi) is 3.92. The minimum absolute atomic E-state index is 0.834. The Morgan fingerprint density at radius 3 is 2.70 bits per heavy atom. The summed E-state index contributed by atoms with van der Waals surface area (Å²) < 4.78 is 3.36. The van der Waals surface area contributed by atoms with E-state index in [0.717, 1.165) is 28.2 Å². The summed E-state index contributed by atoms with van der Waals surface area (Å²) in [5, 5.41) is 5.65. The molecule has 2 heterocycles. The highest BCUT2D eigenvalue weighted by Gasteiger charge is 2.11. The summed E-state index contributed by atoms with van der Waals surface area (Å²) in [5.74, 6) is 0. The van der Waals surface area contributed by atoms with Crippen LogP contribution in [0.5, 0.6) is 0 Å². The van der Waals surface area contributed by atoms with Gasteiger partial charge in [0.1, 0.15) is 0 Å². The van der Waals surface area contributed by atoms with Crippen LogP contribution in [0, 0.1) is 13.8 Å². The number of halogens is 1. The van der Waals surface area contributed by atoms with Crippen LogP contribution >= 0.6 is 27.3 Å². The van der Waals surface area contributed by atoms with Gasteiger partial charge in [-0.2, -0.15) is 0 Å². The molecule has 104 valence electrons. The van der Waals surface area contributed by atoms with Gasteiger partial charge in [0.05, 0.1) is 11.4 Å². The lowest BCUT2D eigenvalue weighted by atomic mass is 10.2. The lowest BCUT2D eigenvalue weighted by Crippen LogP contribution is -2.15. The molecule has 0 saturated heterocycles. The molecule has 0 aliphatic heterocycles. The second-order valence-electron chi connectivity index (χ2n) is 4.87. The molecule has 0 saturated carbocycles. The third kappa shape index (κ3) is 2.66. The average Bonchev–Trinajstić information content (AvgIpc) is 2.93. The lowest BCUT2D eigenvalue weighted by Gasteiger charge is -2.06. The van der Waals surface area contributed by atoms with Gasteiger partial charge in [0.25, 0.3) is 0 Å². The fourth-order valence-electron chi connectivity index (χ4n) is 2.30. The number of imidazole rings is 1. The first kappa shape index (κ1) is 13.8. The highest BCUT2D eigenvalue weighted by Crippen LogP contribution is 2.20. The van der Waals surface area contributed by atoms with Gasteiger partial charge in [-0.25, -0.2) is 4.98 Å². The predicted octanol–water partition coefficient (Wildman–Crippen LogP) is 4.06. The third-order valence-electron chi connectivity index (χ3n) is 3.36. The molecule has 0 aliphatic carbocycles. The van der Waals surface area contributed by atoms with Gasteiger partial charge in [-0.1, -0.05) is 28.1 Å². The van der Waals surface area contributed by atoms with Crippen molar-refractivity contribution in [1.82, 2.24) is 14.7 Å². The number of hydrogen-bond acceptors (Lipinski definition) is 3. The van der Waals surface area contributed by atoms with Crippen molar-refractivity contribution in [2.45, 2.75) is 26.9 Å². The van der Waals surface area contributed by atoms with Gasteiger partial charge in [0, 0.05) is 28.6 Å². The zero-order valence-electron chi connectivity index (χ0n) is 11.5. The number of aromatic nitrogens is 2. The Hall–Kier alpha value is -1.17. The van der Waals surface area contributed by atoms with E-state index in [2.05, 4.69) is 74.1 Å². The summed E-state index contributed by atoms with van der Waals surface area (Å²) in [4.78, 5) is 5.69. The molecule has 0 aliphatic rings. The number of rotatable bonds is 4. The fraction of sp³-hybridized carbons (Fsp3) is 0.267. The highest BCUT2D eigenvalue weighted by atomic mass is 79.9. The zero-order valence-corrected chi connectivity index (χ0v) is 13.9. The van der Waals surface area contributed by atoms with Gasteiger partial charge in [-0.15, -0.1) is 11.3 Å². The molecule has 5 heteroatoms. The first-order chi connectivity index (χ1) is 9.65. The maximum absolute atomic E-state index is 4.61. The van der Waals surface area contributed by atoms with Crippen LogP contribution in [-0.2, 0) is 13.1 Å². The van der Waals surface area contributed by atoms with Crippen molar-refractivity contribution in [1.29, 1.82) is 0 Å². The largest absolute Gasteiger partial charge is 0.307 e. The molecular weight excluding hydrogens is 334 g/mol. The molecule has 0 fully saturated rings. The molecule has 0 radical (unpaired) electrons. The van der Waals surface area contributed by atoms with Crippen LogP contribution in [0.3, 0.4) is 0 Å². The quantitative estimate of drug-likeness (QED) is 0.769. The van der Waals surface area contributed by atoms with E-state index in [1.165, 1.54) is 17.0 Å². The molecule has 3 nitrogen and oxygen atoms in total. The van der Waals surface area contributed by atoms with Crippen LogP contribution in [0.4, 0.5) is 0 Å². The number of hydrogen-bond donors (Lipinski definition) is 1. The van der Waals surface area contributed by atoms with Gasteiger partial charge >= 0.3 is 0 Å². The minimum atomic E-state index is 0.834. The molecule has 20 heavy (non-hydrogen) atoms. The lowest BCUT2D eigenvalue weighted by molar-refractivity contribution is 0.670. The molecule has 0 atom stereocenters. The van der Waals surface area contributed by atoms with Gasteiger partial charge in [0.15, 0.2) is 4.96 Å². The van der Waals surface area contributed by atoms with E-state index >= 15 is 0 Å². The van der Waals surface area contributed by atoms with E-state index in [9.17, 15) is 0 Å². The average molecular weight is 350 g/mol. The van der Waals surface area contributed by atoms with Crippen molar-refractivity contribution in [2.75, 3.05) is 0 Å². The minimum Gasteiger partial charge on any atom is -0.307 e. The topological polar surface area (TPSA) is 29.3 Å². The normalized spacial score (nSPS) is 11.3. The summed E-state index contributed by atoms with van der Waals surface area (Å²) in [6.07, 6.45) is 0. The summed E-state index contributed by atoms with van der Waals surface area (Å²) in [6.45, 7) is 5.91. The molecule has 1 N–H and O–H groups in total. The van der Waals surface area contributed by atoms with E-state index in [1.54, 1.807) is 11.3 Å². The third-order valence-corrected chi connectivity index (χ3v) is 4.84.